The van der Waals surface area contributed by atoms with Crippen molar-refractivity contribution in [3.05, 3.63) is 23.8 Å². The van der Waals surface area contributed by atoms with E-state index in [1.54, 1.807) is 19.9 Å². The van der Waals surface area contributed by atoms with Gasteiger partial charge >= 0.3 is 0 Å². The summed E-state index contributed by atoms with van der Waals surface area (Å²) >= 11 is 0. The van der Waals surface area contributed by atoms with Crippen LogP contribution in [-0.2, 0) is 4.79 Å². The molecule has 0 heterocycles. The van der Waals surface area contributed by atoms with Gasteiger partial charge in [0, 0.05) is 12.5 Å². The van der Waals surface area contributed by atoms with E-state index in [-0.39, 0.29) is 17.1 Å². The van der Waals surface area contributed by atoms with Crippen molar-refractivity contribution in [1.82, 2.24) is 5.32 Å². The number of carbonyl (C=O) groups excluding carboxylic acids is 2. The third-order valence-electron chi connectivity index (χ3n) is 2.63. The van der Waals surface area contributed by atoms with E-state index >= 15 is 0 Å². The number of ketones is 1. The number of phenols is 1. The first kappa shape index (κ1) is 14.0. The van der Waals surface area contributed by atoms with E-state index in [1.807, 2.05) is 0 Å². The lowest BCUT2D eigenvalue weighted by Crippen LogP contribution is -2.38. The number of ether oxygens (including phenoxy) is 1. The normalized spacial score (nSPS) is 11.7. The molecule has 0 radical (unpaired) electrons. The fourth-order valence-electron chi connectivity index (χ4n) is 1.49. The molecule has 1 rings (SSSR count). The summed E-state index contributed by atoms with van der Waals surface area (Å²) in [4.78, 5) is 23.2. The van der Waals surface area contributed by atoms with Gasteiger partial charge in [-0.25, -0.2) is 0 Å². The predicted molar refractivity (Wildman–Crippen MR) is 66.9 cm³/mol. The van der Waals surface area contributed by atoms with E-state index < -0.39 is 11.9 Å². The number of benzene rings is 1. The van der Waals surface area contributed by atoms with Crippen LogP contribution in [0.2, 0.25) is 0 Å². The Morgan fingerprint density at radius 3 is 2.61 bits per heavy atom. The third-order valence-corrected chi connectivity index (χ3v) is 2.63. The Hall–Kier alpha value is -2.04. The minimum atomic E-state index is -0.566. The van der Waals surface area contributed by atoms with Crippen molar-refractivity contribution in [3.63, 3.8) is 0 Å². The Bertz CT molecular complexity index is 456. The second kappa shape index (κ2) is 6.05. The van der Waals surface area contributed by atoms with Gasteiger partial charge in [0.25, 0.3) is 5.91 Å². The van der Waals surface area contributed by atoms with E-state index in [2.05, 4.69) is 5.32 Å². The molecular weight excluding hydrogens is 234 g/mol. The topological polar surface area (TPSA) is 75.6 Å². The summed E-state index contributed by atoms with van der Waals surface area (Å²) in [6.45, 7) is 3.35. The highest BCUT2D eigenvalue weighted by Crippen LogP contribution is 2.23. The van der Waals surface area contributed by atoms with Crippen LogP contribution in [0.1, 0.15) is 30.6 Å². The summed E-state index contributed by atoms with van der Waals surface area (Å²) < 4.78 is 4.92. The van der Waals surface area contributed by atoms with Gasteiger partial charge in [0.2, 0.25) is 0 Å². The zero-order chi connectivity index (χ0) is 13.7. The van der Waals surface area contributed by atoms with Crippen LogP contribution in [0.25, 0.3) is 0 Å². The van der Waals surface area contributed by atoms with Gasteiger partial charge in [-0.15, -0.1) is 0 Å². The summed E-state index contributed by atoms with van der Waals surface area (Å²) in [5.41, 5.74) is 0.117. The summed E-state index contributed by atoms with van der Waals surface area (Å²) in [7, 11) is 1.47. The molecule has 0 aliphatic rings. The fraction of sp³-hybridized carbons (Fsp3) is 0.385. The molecule has 1 unspecified atom stereocenters. The largest absolute Gasteiger partial charge is 0.507 e. The van der Waals surface area contributed by atoms with Gasteiger partial charge in [0.15, 0.2) is 5.78 Å². The lowest BCUT2D eigenvalue weighted by molar-refractivity contribution is -0.120. The highest BCUT2D eigenvalue weighted by Gasteiger charge is 2.17. The van der Waals surface area contributed by atoms with Gasteiger partial charge in [0.1, 0.15) is 11.5 Å². The minimum absolute atomic E-state index is 0.0589. The number of carbonyl (C=O) groups is 2. The molecule has 18 heavy (non-hydrogen) atoms. The quantitative estimate of drug-likeness (QED) is 0.831. The van der Waals surface area contributed by atoms with E-state index in [0.717, 1.165) is 0 Å². The van der Waals surface area contributed by atoms with Gasteiger partial charge in [-0.05, 0) is 19.1 Å². The smallest absolute Gasteiger partial charge is 0.255 e. The third kappa shape index (κ3) is 3.23. The number of phenolic OH excluding ortho intramolecular Hbond substituents is 1. The number of hydrogen-bond acceptors (Lipinski definition) is 4. The van der Waals surface area contributed by atoms with E-state index in [1.165, 1.54) is 19.2 Å². The number of Topliss-reactive ketones (excluding diaryl/α,β-unsaturated/α-hetero) is 1. The molecule has 0 aromatic heterocycles. The van der Waals surface area contributed by atoms with Crippen molar-refractivity contribution in [3.8, 4) is 11.5 Å². The minimum Gasteiger partial charge on any atom is -0.507 e. The van der Waals surface area contributed by atoms with Crippen LogP contribution in [0.5, 0.6) is 11.5 Å². The Morgan fingerprint density at radius 1 is 1.44 bits per heavy atom. The number of amides is 1. The predicted octanol–water partition coefficient (Wildman–Crippen LogP) is 1.50. The monoisotopic (exact) mass is 251 g/mol. The number of rotatable bonds is 5. The highest BCUT2D eigenvalue weighted by molar-refractivity contribution is 5.99. The molecular formula is C13H17NO4. The number of hydrogen-bond donors (Lipinski definition) is 2. The summed E-state index contributed by atoms with van der Waals surface area (Å²) in [5.74, 6) is -0.259. The molecule has 0 saturated carbocycles. The highest BCUT2D eigenvalue weighted by atomic mass is 16.5. The van der Waals surface area contributed by atoms with Crippen molar-refractivity contribution in [2.24, 2.45) is 0 Å². The second-order valence-electron chi connectivity index (χ2n) is 3.90. The second-order valence-corrected chi connectivity index (χ2v) is 3.90. The number of methoxy groups -OCH3 is 1. The Kier molecular flexibility index (Phi) is 4.71. The lowest BCUT2D eigenvalue weighted by Gasteiger charge is -2.13. The van der Waals surface area contributed by atoms with Crippen LogP contribution in [-0.4, -0.2) is 29.9 Å². The number of nitrogens with one attached hydrogen (secondary N) is 1. The molecule has 0 spiro atoms. The molecule has 5 nitrogen and oxygen atoms in total. The molecule has 1 aromatic rings. The van der Waals surface area contributed by atoms with Crippen LogP contribution in [0.15, 0.2) is 18.2 Å². The molecule has 1 atom stereocenters. The molecule has 98 valence electrons. The van der Waals surface area contributed by atoms with Crippen LogP contribution < -0.4 is 10.1 Å². The maximum absolute atomic E-state index is 11.8. The summed E-state index contributed by atoms with van der Waals surface area (Å²) in [5, 5.41) is 12.2. The van der Waals surface area contributed by atoms with Gasteiger partial charge in [-0.1, -0.05) is 6.92 Å². The van der Waals surface area contributed by atoms with E-state index in [4.69, 9.17) is 4.74 Å². The van der Waals surface area contributed by atoms with Crippen molar-refractivity contribution in [1.29, 1.82) is 0 Å². The molecule has 0 bridgehead atoms. The van der Waals surface area contributed by atoms with Crippen LogP contribution >= 0.6 is 0 Å². The summed E-state index contributed by atoms with van der Waals surface area (Å²) in [6.07, 6.45) is 0.357. The molecule has 2 N–H and O–H groups in total. The molecule has 0 aliphatic carbocycles. The van der Waals surface area contributed by atoms with Crippen LogP contribution in [0.3, 0.4) is 0 Å². The van der Waals surface area contributed by atoms with Gasteiger partial charge in [0.05, 0.1) is 18.7 Å². The molecule has 0 fully saturated rings. The SMILES string of the molecule is CCC(=O)C(C)NC(=O)c1ccc(OC)cc1O. The maximum Gasteiger partial charge on any atom is 0.255 e. The Balaban J connectivity index is 2.82. The van der Waals surface area contributed by atoms with Gasteiger partial charge < -0.3 is 15.2 Å². The zero-order valence-electron chi connectivity index (χ0n) is 10.7. The number of aromatic hydroxyl groups is 1. The van der Waals surface area contributed by atoms with Gasteiger partial charge in [-0.3, -0.25) is 9.59 Å². The van der Waals surface area contributed by atoms with Crippen molar-refractivity contribution in [2.45, 2.75) is 26.3 Å². The van der Waals surface area contributed by atoms with Gasteiger partial charge in [-0.2, -0.15) is 0 Å². The lowest BCUT2D eigenvalue weighted by atomic mass is 10.1. The average molecular weight is 251 g/mol. The first-order chi connectivity index (χ1) is 8.49. The maximum atomic E-state index is 11.8. The van der Waals surface area contributed by atoms with E-state index in [0.29, 0.717) is 12.2 Å². The molecule has 1 amide bonds. The Morgan fingerprint density at radius 2 is 2.11 bits per heavy atom. The Labute approximate surface area is 106 Å². The zero-order valence-corrected chi connectivity index (χ0v) is 10.7. The van der Waals surface area contributed by atoms with Crippen molar-refractivity contribution >= 4 is 11.7 Å². The van der Waals surface area contributed by atoms with Crippen molar-refractivity contribution < 1.29 is 19.4 Å². The van der Waals surface area contributed by atoms with Crippen molar-refractivity contribution in [2.75, 3.05) is 7.11 Å². The van der Waals surface area contributed by atoms with Crippen LogP contribution in [0, 0.1) is 0 Å². The molecule has 0 aliphatic heterocycles. The fourth-order valence-corrected chi connectivity index (χ4v) is 1.49. The average Bonchev–Trinajstić information content (AvgIpc) is 2.37. The standard InChI is InChI=1S/C13H17NO4/c1-4-11(15)8(2)14-13(17)10-6-5-9(18-3)7-12(10)16/h5-8,16H,4H2,1-3H3,(H,14,17). The summed E-state index contributed by atoms with van der Waals surface area (Å²) in [6, 6.07) is 3.80. The first-order valence-corrected chi connectivity index (χ1v) is 5.70. The molecule has 0 saturated heterocycles. The first-order valence-electron chi connectivity index (χ1n) is 5.70. The molecule has 5 heteroatoms. The van der Waals surface area contributed by atoms with E-state index in [9.17, 15) is 14.7 Å². The van der Waals surface area contributed by atoms with Crippen LogP contribution in [0.4, 0.5) is 0 Å². The molecule has 1 aromatic carbocycles.